The number of alkyl carbamates (subject to hydrolysis) is 2. The first kappa shape index (κ1) is 50.1. The van der Waals surface area contributed by atoms with Crippen molar-refractivity contribution in [3.8, 4) is 0 Å². The molecule has 0 fully saturated rings. The third-order valence-electron chi connectivity index (χ3n) is 7.69. The zero-order valence-electron chi connectivity index (χ0n) is 34.0. The number of alkyl halides is 1. The monoisotopic (exact) mass is 861 g/mol. The van der Waals surface area contributed by atoms with Crippen molar-refractivity contribution in [2.45, 2.75) is 89.9 Å². The van der Waals surface area contributed by atoms with Crippen molar-refractivity contribution >= 4 is 46.2 Å². The van der Waals surface area contributed by atoms with Gasteiger partial charge in [-0.05, 0) is 57.9 Å². The number of nitrogens with one attached hydrogen (secondary N) is 2. The van der Waals surface area contributed by atoms with Crippen LogP contribution in [0.4, 0.5) is 14.0 Å². The summed E-state index contributed by atoms with van der Waals surface area (Å²) < 4.78 is 74.7. The second-order valence-corrected chi connectivity index (χ2v) is 13.9. The van der Waals surface area contributed by atoms with E-state index in [0.29, 0.717) is 5.56 Å². The summed E-state index contributed by atoms with van der Waals surface area (Å²) in [6.45, 7) is 7.90. The highest BCUT2D eigenvalue weighted by atomic mass is 32.2. The fourth-order valence-corrected chi connectivity index (χ4v) is 5.95. The van der Waals surface area contributed by atoms with E-state index in [2.05, 4.69) is 15.4 Å². The van der Waals surface area contributed by atoms with Crippen molar-refractivity contribution in [2.24, 2.45) is 0 Å². The highest BCUT2D eigenvalue weighted by Gasteiger charge is 2.38. The van der Waals surface area contributed by atoms with Crippen molar-refractivity contribution in [1.82, 2.24) is 10.6 Å². The molecule has 60 heavy (non-hydrogen) atoms. The smallest absolute Gasteiger partial charge is 0.408 e. The van der Waals surface area contributed by atoms with Crippen LogP contribution in [0.15, 0.2) is 89.8 Å². The van der Waals surface area contributed by atoms with E-state index in [9.17, 15) is 41.6 Å². The first-order valence-corrected chi connectivity index (χ1v) is 20.3. The van der Waals surface area contributed by atoms with Crippen molar-refractivity contribution in [3.05, 3.63) is 102 Å². The Bertz CT molecular complexity index is 1920. The van der Waals surface area contributed by atoms with Crippen LogP contribution >= 0.6 is 0 Å². The van der Waals surface area contributed by atoms with Gasteiger partial charge in [0.2, 0.25) is 0 Å². The van der Waals surface area contributed by atoms with E-state index in [-0.39, 0.29) is 44.5 Å². The van der Waals surface area contributed by atoms with Gasteiger partial charge in [-0.3, -0.25) is 13.8 Å². The first-order valence-electron chi connectivity index (χ1n) is 18.9. The number of halogens is 1. The maximum absolute atomic E-state index is 14.3. The maximum Gasteiger partial charge on any atom is 0.408 e. The number of ether oxygens (including phenoxy) is 6. The molecule has 0 heterocycles. The number of amides is 2. The van der Waals surface area contributed by atoms with Crippen molar-refractivity contribution < 1.29 is 74.2 Å². The minimum atomic E-state index is -4.43. The summed E-state index contributed by atoms with van der Waals surface area (Å²) in [5.74, 6) is -3.64. The van der Waals surface area contributed by atoms with E-state index in [1.54, 1.807) is 94.4 Å². The molecule has 17 nitrogen and oxygen atoms in total. The number of aryl methyl sites for hydroxylation is 1. The lowest BCUT2D eigenvalue weighted by Crippen LogP contribution is -2.52. The Kier molecular flexibility index (Phi) is 22.4. The fourth-order valence-electron chi connectivity index (χ4n) is 4.86. The number of carbonyl (C=O) groups is 6. The van der Waals surface area contributed by atoms with Crippen molar-refractivity contribution in [3.63, 3.8) is 0 Å². The predicted octanol–water partition coefficient (Wildman–Crippen LogP) is 5.02. The van der Waals surface area contributed by atoms with Gasteiger partial charge in [-0.1, -0.05) is 78.4 Å². The van der Waals surface area contributed by atoms with Crippen LogP contribution in [0.1, 0.15) is 57.2 Å². The van der Waals surface area contributed by atoms with E-state index < -0.39 is 83.4 Å². The molecule has 0 saturated carbocycles. The molecule has 0 aromatic heterocycles. The quantitative estimate of drug-likeness (QED) is 0.0815. The standard InChI is InChI=1S/C24H29NO9S.C17H22FNO6/c1-4-31-21(26)15-20(34-35(29,30)19-13-11-17(3)12-14-19)22(23(27)32-5-2)25-24(28)33-16-18-9-7-6-8-10-18;1-3-23-14(20)10-13(18)15(16(21)24-4-2)19-17(22)25-11-12-8-6-5-7-9-12/h6-14,20,22H,4-5,15-16H2,1-3H3,(H,25,28);5-9,13,15H,3-4,10-11H2,1-2H3,(H,19,22)/i;18-1. The minimum Gasteiger partial charge on any atom is -0.466 e. The Hall–Kier alpha value is -6.08. The number of benzene rings is 3. The molecule has 3 aromatic rings. The molecule has 328 valence electrons. The van der Waals surface area contributed by atoms with Gasteiger partial charge in [-0.2, -0.15) is 8.42 Å². The van der Waals surface area contributed by atoms with E-state index in [1.807, 2.05) is 6.07 Å². The Labute approximate surface area is 348 Å². The van der Waals surface area contributed by atoms with Gasteiger partial charge in [-0.15, -0.1) is 0 Å². The molecule has 0 radical (unpaired) electrons. The van der Waals surface area contributed by atoms with Gasteiger partial charge in [0.15, 0.2) is 12.1 Å². The number of carbonyl (C=O) groups excluding carboxylic acids is 6. The molecule has 0 saturated heterocycles. The number of hydrogen-bond acceptors (Lipinski definition) is 15. The molecule has 0 bridgehead atoms. The highest BCUT2D eigenvalue weighted by Crippen LogP contribution is 2.20. The lowest BCUT2D eigenvalue weighted by Gasteiger charge is -2.25. The van der Waals surface area contributed by atoms with Gasteiger partial charge in [0.1, 0.15) is 25.5 Å². The third kappa shape index (κ3) is 18.7. The summed E-state index contributed by atoms with van der Waals surface area (Å²) >= 11 is 0. The third-order valence-corrected chi connectivity index (χ3v) is 9.04. The average molecular weight is 862 g/mol. The maximum atomic E-state index is 14.3. The molecule has 3 aromatic carbocycles. The van der Waals surface area contributed by atoms with Gasteiger partial charge >= 0.3 is 36.1 Å². The van der Waals surface area contributed by atoms with Crippen LogP contribution in [0.2, 0.25) is 0 Å². The van der Waals surface area contributed by atoms with Crippen molar-refractivity contribution in [2.75, 3.05) is 26.4 Å². The van der Waals surface area contributed by atoms with Crippen molar-refractivity contribution in [1.29, 1.82) is 0 Å². The van der Waals surface area contributed by atoms with Gasteiger partial charge in [-0.25, -0.2) is 23.6 Å². The van der Waals surface area contributed by atoms with Crippen LogP contribution < -0.4 is 10.6 Å². The number of hydrogen-bond donors (Lipinski definition) is 2. The van der Waals surface area contributed by atoms with E-state index >= 15 is 0 Å². The molecule has 2 N–H and O–H groups in total. The second kappa shape index (κ2) is 26.8. The van der Waals surface area contributed by atoms with Gasteiger partial charge in [0, 0.05) is 0 Å². The van der Waals surface area contributed by atoms with E-state index in [4.69, 9.17) is 27.9 Å². The van der Waals surface area contributed by atoms with Crippen LogP contribution in [0.25, 0.3) is 0 Å². The average Bonchev–Trinajstić information content (AvgIpc) is 3.21. The van der Waals surface area contributed by atoms with Crippen LogP contribution in [-0.2, 0) is 75.1 Å². The van der Waals surface area contributed by atoms with E-state index in [1.165, 1.54) is 19.1 Å². The zero-order valence-corrected chi connectivity index (χ0v) is 34.8. The molecular formula is C41H51FN2O15S. The molecule has 4 atom stereocenters. The molecule has 0 aliphatic carbocycles. The molecule has 0 aliphatic heterocycles. The lowest BCUT2D eigenvalue weighted by molar-refractivity contribution is -0.152. The minimum absolute atomic E-state index is 0.00219. The zero-order chi connectivity index (χ0) is 44.5. The molecule has 19 heteroatoms. The Morgan fingerprint density at radius 3 is 1.43 bits per heavy atom. The predicted molar refractivity (Wildman–Crippen MR) is 211 cm³/mol. The Morgan fingerprint density at radius 1 is 0.567 bits per heavy atom. The summed E-state index contributed by atoms with van der Waals surface area (Å²) in [4.78, 5) is 72.2. The summed E-state index contributed by atoms with van der Waals surface area (Å²) in [7, 11) is -4.43. The van der Waals surface area contributed by atoms with Crippen LogP contribution in [0.5, 0.6) is 0 Å². The highest BCUT2D eigenvalue weighted by molar-refractivity contribution is 7.86. The van der Waals surface area contributed by atoms with Crippen LogP contribution in [0.3, 0.4) is 0 Å². The summed E-state index contributed by atoms with van der Waals surface area (Å²) in [5.41, 5.74) is 2.24. The lowest BCUT2D eigenvalue weighted by atomic mass is 10.1. The molecule has 0 spiro atoms. The number of rotatable bonds is 21. The summed E-state index contributed by atoms with van der Waals surface area (Å²) in [6, 6.07) is 20.1. The largest absolute Gasteiger partial charge is 0.466 e. The van der Waals surface area contributed by atoms with Gasteiger partial charge < -0.3 is 39.1 Å². The second-order valence-electron chi connectivity index (χ2n) is 12.3. The van der Waals surface area contributed by atoms with Crippen LogP contribution in [-0.4, -0.2) is 95.3 Å². The topological polar surface area (TPSA) is 225 Å². The van der Waals surface area contributed by atoms with E-state index in [0.717, 1.165) is 11.1 Å². The Morgan fingerprint density at radius 2 is 0.983 bits per heavy atom. The molecule has 2 amide bonds. The molecule has 4 unspecified atom stereocenters. The van der Waals surface area contributed by atoms with Gasteiger partial charge in [0.25, 0.3) is 10.1 Å². The molecular weight excluding hydrogens is 811 g/mol. The summed E-state index contributed by atoms with van der Waals surface area (Å²) in [6.07, 6.45) is -7.02. The normalized spacial score (nSPS) is 12.7. The van der Waals surface area contributed by atoms with Crippen LogP contribution in [0, 0.1) is 6.92 Å². The Balaban J connectivity index is 0.000000438. The SMILES string of the molecule is CCOC(=O)CC(OS(=O)(=O)c1ccc(C)cc1)C(NC(=O)OCc1ccccc1)C(=O)OCC.CCOC(=O)CC([18F])C(NC(=O)OCc1ccccc1)C(=O)OCC. The molecule has 3 rings (SSSR count). The summed E-state index contributed by atoms with van der Waals surface area (Å²) in [5, 5.41) is 4.37. The van der Waals surface area contributed by atoms with Gasteiger partial charge in [0.05, 0.1) is 44.2 Å². The molecule has 0 aliphatic rings. The first-order chi connectivity index (χ1) is 28.6. The number of esters is 4. The fraction of sp³-hybridized carbons (Fsp3) is 0.415.